The highest BCUT2D eigenvalue weighted by molar-refractivity contribution is 4.98. The van der Waals surface area contributed by atoms with Gasteiger partial charge in [-0.2, -0.15) is 0 Å². The van der Waals surface area contributed by atoms with Crippen LogP contribution >= 0.6 is 0 Å². The quantitative estimate of drug-likeness (QED) is 0.577. The summed E-state index contributed by atoms with van der Waals surface area (Å²) in [6.45, 7) is 4.79. The fraction of sp³-hybridized carbons (Fsp3) is 1.00. The van der Waals surface area contributed by atoms with E-state index in [-0.39, 0.29) is 0 Å². The zero-order valence-corrected chi connectivity index (χ0v) is 7.26. The van der Waals surface area contributed by atoms with Crippen molar-refractivity contribution in [2.45, 2.75) is 37.8 Å². The molecule has 66 valence electrons. The number of nitrogens with two attached hydrogens (primary N) is 1. The molecular weight excluding hydrogens is 142 g/mol. The summed E-state index contributed by atoms with van der Waals surface area (Å²) in [7, 11) is 0. The molecule has 11 heavy (non-hydrogen) atoms. The molecule has 3 heteroatoms. The SMILES string of the molecule is CC(C)(N)C1(O)CCCOC1. The zero-order chi connectivity index (χ0) is 8.54. The molecule has 1 aliphatic rings. The summed E-state index contributed by atoms with van der Waals surface area (Å²) in [5, 5.41) is 9.96. The van der Waals surface area contributed by atoms with Crippen LogP contribution in [0, 0.1) is 0 Å². The summed E-state index contributed by atoms with van der Waals surface area (Å²) >= 11 is 0. The summed E-state index contributed by atoms with van der Waals surface area (Å²) in [4.78, 5) is 0. The molecule has 0 aliphatic carbocycles. The van der Waals surface area contributed by atoms with Gasteiger partial charge in [0, 0.05) is 12.1 Å². The van der Waals surface area contributed by atoms with Crippen LogP contribution in [0.3, 0.4) is 0 Å². The van der Waals surface area contributed by atoms with Crippen molar-refractivity contribution < 1.29 is 9.84 Å². The Labute approximate surface area is 67.5 Å². The third-order valence-corrected chi connectivity index (χ3v) is 2.42. The zero-order valence-electron chi connectivity index (χ0n) is 7.26. The van der Waals surface area contributed by atoms with E-state index in [0.29, 0.717) is 6.61 Å². The van der Waals surface area contributed by atoms with Crippen LogP contribution in [0.5, 0.6) is 0 Å². The maximum Gasteiger partial charge on any atom is 0.105 e. The van der Waals surface area contributed by atoms with Crippen LogP contribution in [0.1, 0.15) is 26.7 Å². The Hall–Kier alpha value is -0.120. The van der Waals surface area contributed by atoms with Gasteiger partial charge in [0.05, 0.1) is 6.61 Å². The molecule has 3 N–H and O–H groups in total. The first kappa shape index (κ1) is 8.97. The Morgan fingerprint density at radius 1 is 1.55 bits per heavy atom. The molecule has 1 saturated heterocycles. The van der Waals surface area contributed by atoms with Gasteiger partial charge in [-0.25, -0.2) is 0 Å². The van der Waals surface area contributed by atoms with Crippen molar-refractivity contribution in [1.82, 2.24) is 0 Å². The molecule has 0 bridgehead atoms. The molecule has 0 saturated carbocycles. The first-order valence-corrected chi connectivity index (χ1v) is 4.05. The van der Waals surface area contributed by atoms with Crippen molar-refractivity contribution in [1.29, 1.82) is 0 Å². The predicted octanol–water partition coefficient (Wildman–Crippen LogP) is 0.265. The minimum Gasteiger partial charge on any atom is -0.386 e. The molecule has 0 radical (unpaired) electrons. The highest BCUT2D eigenvalue weighted by atomic mass is 16.5. The second-order valence-corrected chi connectivity index (χ2v) is 3.91. The van der Waals surface area contributed by atoms with Gasteiger partial charge < -0.3 is 15.6 Å². The minimum atomic E-state index is -0.828. The van der Waals surface area contributed by atoms with Gasteiger partial charge in [-0.3, -0.25) is 0 Å². The molecular formula is C8H17NO2. The van der Waals surface area contributed by atoms with E-state index in [4.69, 9.17) is 10.5 Å². The van der Waals surface area contributed by atoms with E-state index in [9.17, 15) is 5.11 Å². The van der Waals surface area contributed by atoms with E-state index >= 15 is 0 Å². The van der Waals surface area contributed by atoms with Gasteiger partial charge in [-0.05, 0) is 26.7 Å². The van der Waals surface area contributed by atoms with Gasteiger partial charge in [0.1, 0.15) is 5.60 Å². The number of hydrogen-bond donors (Lipinski definition) is 2. The molecule has 0 spiro atoms. The van der Waals surface area contributed by atoms with E-state index in [1.807, 2.05) is 13.8 Å². The first-order valence-electron chi connectivity index (χ1n) is 4.05. The summed E-state index contributed by atoms with van der Waals surface area (Å²) in [6, 6.07) is 0. The molecule has 1 atom stereocenters. The summed E-state index contributed by atoms with van der Waals surface area (Å²) < 4.78 is 5.18. The van der Waals surface area contributed by atoms with Crippen LogP contribution in [0.2, 0.25) is 0 Å². The van der Waals surface area contributed by atoms with Crippen LogP contribution in [-0.2, 0) is 4.74 Å². The van der Waals surface area contributed by atoms with Crippen LogP contribution in [0.15, 0.2) is 0 Å². The van der Waals surface area contributed by atoms with Gasteiger partial charge >= 0.3 is 0 Å². The summed E-state index contributed by atoms with van der Waals surface area (Å²) in [6.07, 6.45) is 1.65. The van der Waals surface area contributed by atoms with Gasteiger partial charge in [0.15, 0.2) is 0 Å². The van der Waals surface area contributed by atoms with Crippen LogP contribution in [0.25, 0.3) is 0 Å². The minimum absolute atomic E-state index is 0.372. The Morgan fingerprint density at radius 3 is 2.45 bits per heavy atom. The van der Waals surface area contributed by atoms with E-state index in [2.05, 4.69) is 0 Å². The molecule has 0 aromatic carbocycles. The Kier molecular flexibility index (Phi) is 2.23. The first-order chi connectivity index (χ1) is 4.96. The third kappa shape index (κ3) is 1.72. The summed E-state index contributed by atoms with van der Waals surface area (Å²) in [5.41, 5.74) is 4.42. The van der Waals surface area contributed by atoms with Gasteiger partial charge in [0.25, 0.3) is 0 Å². The molecule has 0 aromatic rings. The smallest absolute Gasteiger partial charge is 0.105 e. The molecule has 1 fully saturated rings. The van der Waals surface area contributed by atoms with Crippen LogP contribution in [-0.4, -0.2) is 29.5 Å². The van der Waals surface area contributed by atoms with Gasteiger partial charge in [0.2, 0.25) is 0 Å². The van der Waals surface area contributed by atoms with Crippen molar-refractivity contribution in [3.63, 3.8) is 0 Å². The molecule has 1 aliphatic heterocycles. The molecule has 0 amide bonds. The third-order valence-electron chi connectivity index (χ3n) is 2.42. The standard InChI is InChI=1S/C8H17NO2/c1-7(2,9)8(10)4-3-5-11-6-8/h10H,3-6,9H2,1-2H3. The van der Waals surface area contributed by atoms with Crippen molar-refractivity contribution >= 4 is 0 Å². The van der Waals surface area contributed by atoms with Crippen molar-refractivity contribution in [2.24, 2.45) is 5.73 Å². The van der Waals surface area contributed by atoms with E-state index in [0.717, 1.165) is 19.4 Å². The second-order valence-electron chi connectivity index (χ2n) is 3.91. The lowest BCUT2D eigenvalue weighted by molar-refractivity contribution is -0.120. The second kappa shape index (κ2) is 2.73. The fourth-order valence-corrected chi connectivity index (χ4v) is 1.29. The average molecular weight is 159 g/mol. The highest BCUT2D eigenvalue weighted by Gasteiger charge is 2.42. The number of ether oxygens (including phenoxy) is 1. The molecule has 3 nitrogen and oxygen atoms in total. The Balaban J connectivity index is 2.64. The molecule has 0 aromatic heterocycles. The number of rotatable bonds is 1. The normalized spacial score (nSPS) is 33.8. The van der Waals surface area contributed by atoms with Gasteiger partial charge in [-0.15, -0.1) is 0 Å². The van der Waals surface area contributed by atoms with Crippen molar-refractivity contribution in [3.05, 3.63) is 0 Å². The van der Waals surface area contributed by atoms with Gasteiger partial charge in [-0.1, -0.05) is 0 Å². The lowest BCUT2D eigenvalue weighted by Gasteiger charge is -2.42. The average Bonchev–Trinajstić information content (AvgIpc) is 1.87. The Morgan fingerprint density at radius 2 is 2.18 bits per heavy atom. The lowest BCUT2D eigenvalue weighted by atomic mass is 9.80. The highest BCUT2D eigenvalue weighted by Crippen LogP contribution is 2.28. The van der Waals surface area contributed by atoms with E-state index < -0.39 is 11.1 Å². The van der Waals surface area contributed by atoms with Crippen molar-refractivity contribution in [2.75, 3.05) is 13.2 Å². The summed E-state index contributed by atoms with van der Waals surface area (Å²) in [5.74, 6) is 0. The molecule has 1 heterocycles. The molecule has 1 unspecified atom stereocenters. The maximum atomic E-state index is 9.96. The lowest BCUT2D eigenvalue weighted by Crippen LogP contribution is -2.60. The topological polar surface area (TPSA) is 55.5 Å². The fourth-order valence-electron chi connectivity index (χ4n) is 1.29. The monoisotopic (exact) mass is 159 g/mol. The van der Waals surface area contributed by atoms with Crippen LogP contribution in [0.4, 0.5) is 0 Å². The Bertz CT molecular complexity index is 134. The number of aliphatic hydroxyl groups is 1. The van der Waals surface area contributed by atoms with E-state index in [1.54, 1.807) is 0 Å². The molecule has 1 rings (SSSR count). The number of hydrogen-bond acceptors (Lipinski definition) is 3. The van der Waals surface area contributed by atoms with Crippen molar-refractivity contribution in [3.8, 4) is 0 Å². The maximum absolute atomic E-state index is 9.96. The van der Waals surface area contributed by atoms with Crippen LogP contribution < -0.4 is 5.73 Å². The van der Waals surface area contributed by atoms with E-state index in [1.165, 1.54) is 0 Å². The largest absolute Gasteiger partial charge is 0.386 e. The predicted molar refractivity (Wildman–Crippen MR) is 43.3 cm³/mol.